The summed E-state index contributed by atoms with van der Waals surface area (Å²) in [5.41, 5.74) is 3.52. The number of rotatable bonds is 5. The molecule has 0 aliphatic rings. The molecule has 0 bridgehead atoms. The first-order valence-electron chi connectivity index (χ1n) is 5.87. The second-order valence-electron chi connectivity index (χ2n) is 4.15. The average Bonchev–Trinajstić information content (AvgIpc) is 2.67. The minimum Gasteiger partial charge on any atom is -0.375 e. The quantitative estimate of drug-likeness (QED) is 0.738. The van der Waals surface area contributed by atoms with Crippen molar-refractivity contribution >= 4 is 0 Å². The Morgan fingerprint density at radius 3 is 2.59 bits per heavy atom. The third kappa shape index (κ3) is 3.17. The molecule has 0 aliphatic heterocycles. The van der Waals surface area contributed by atoms with Gasteiger partial charge in [0.15, 0.2) is 0 Å². The molecule has 3 nitrogen and oxygen atoms in total. The van der Waals surface area contributed by atoms with Crippen LogP contribution < -0.4 is 0 Å². The molecule has 90 valence electrons. The number of imidazole rings is 1. The molecule has 0 N–H and O–H groups in total. The molecule has 17 heavy (non-hydrogen) atoms. The largest absolute Gasteiger partial charge is 0.375 e. The van der Waals surface area contributed by atoms with Crippen LogP contribution in [0.25, 0.3) is 0 Å². The third-order valence-corrected chi connectivity index (χ3v) is 2.93. The van der Waals surface area contributed by atoms with E-state index in [-0.39, 0.29) is 0 Å². The van der Waals surface area contributed by atoms with Gasteiger partial charge in [-0.25, -0.2) is 4.98 Å². The van der Waals surface area contributed by atoms with Gasteiger partial charge in [0.1, 0.15) is 0 Å². The lowest BCUT2D eigenvalue weighted by atomic mass is 10.2. The molecule has 2 rings (SSSR count). The Bertz CT molecular complexity index is 462. The molecule has 1 aromatic carbocycles. The SMILES string of the molecule is Cc1ncn(CCOCc2ccccc2)c1C. The summed E-state index contributed by atoms with van der Waals surface area (Å²) in [6.45, 7) is 6.36. The zero-order valence-electron chi connectivity index (χ0n) is 10.4. The van der Waals surface area contributed by atoms with E-state index in [1.54, 1.807) is 0 Å². The summed E-state index contributed by atoms with van der Waals surface area (Å²) in [4.78, 5) is 4.26. The van der Waals surface area contributed by atoms with Crippen molar-refractivity contribution in [3.8, 4) is 0 Å². The fourth-order valence-electron chi connectivity index (χ4n) is 1.70. The van der Waals surface area contributed by atoms with Gasteiger partial charge in [0.2, 0.25) is 0 Å². The van der Waals surface area contributed by atoms with Crippen LogP contribution in [-0.4, -0.2) is 16.2 Å². The summed E-state index contributed by atoms with van der Waals surface area (Å²) in [5, 5.41) is 0. The van der Waals surface area contributed by atoms with Crippen LogP contribution in [-0.2, 0) is 17.9 Å². The maximum atomic E-state index is 5.64. The van der Waals surface area contributed by atoms with E-state index in [1.807, 2.05) is 31.5 Å². The predicted molar refractivity (Wildman–Crippen MR) is 67.8 cm³/mol. The topological polar surface area (TPSA) is 27.1 Å². The number of ether oxygens (including phenoxy) is 1. The van der Waals surface area contributed by atoms with Crippen LogP contribution in [0.3, 0.4) is 0 Å². The molecule has 0 spiro atoms. The first-order chi connectivity index (χ1) is 8.27. The molecule has 3 heteroatoms. The van der Waals surface area contributed by atoms with Crippen molar-refractivity contribution in [1.82, 2.24) is 9.55 Å². The highest BCUT2D eigenvalue weighted by molar-refractivity contribution is 5.13. The van der Waals surface area contributed by atoms with Crippen molar-refractivity contribution < 1.29 is 4.74 Å². The van der Waals surface area contributed by atoms with Crippen molar-refractivity contribution in [2.24, 2.45) is 0 Å². The highest BCUT2D eigenvalue weighted by Crippen LogP contribution is 2.05. The van der Waals surface area contributed by atoms with E-state index >= 15 is 0 Å². The standard InChI is InChI=1S/C14H18N2O/c1-12-13(2)16(11-15-12)8-9-17-10-14-6-4-3-5-7-14/h3-7,11H,8-10H2,1-2H3. The van der Waals surface area contributed by atoms with Crippen LogP contribution in [0.1, 0.15) is 17.0 Å². The van der Waals surface area contributed by atoms with Gasteiger partial charge >= 0.3 is 0 Å². The lowest BCUT2D eigenvalue weighted by Crippen LogP contribution is -2.06. The fraction of sp³-hybridized carbons (Fsp3) is 0.357. The van der Waals surface area contributed by atoms with E-state index in [0.29, 0.717) is 13.2 Å². The van der Waals surface area contributed by atoms with Crippen LogP contribution in [0.2, 0.25) is 0 Å². The molecule has 0 atom stereocenters. The van der Waals surface area contributed by atoms with Crippen molar-refractivity contribution in [3.05, 3.63) is 53.6 Å². The third-order valence-electron chi connectivity index (χ3n) is 2.93. The number of nitrogens with zero attached hydrogens (tertiary/aromatic N) is 2. The second-order valence-corrected chi connectivity index (χ2v) is 4.15. The molecule has 0 amide bonds. The molecular formula is C14H18N2O. The predicted octanol–water partition coefficient (Wildman–Crippen LogP) is 2.72. The molecule has 0 fully saturated rings. The number of aromatic nitrogens is 2. The maximum Gasteiger partial charge on any atom is 0.0952 e. The molecule has 2 aromatic rings. The van der Waals surface area contributed by atoms with Gasteiger partial charge in [0.25, 0.3) is 0 Å². The molecule has 0 aliphatic carbocycles. The van der Waals surface area contributed by atoms with Crippen LogP contribution >= 0.6 is 0 Å². The van der Waals surface area contributed by atoms with E-state index < -0.39 is 0 Å². The maximum absolute atomic E-state index is 5.64. The first-order valence-corrected chi connectivity index (χ1v) is 5.87. The summed E-state index contributed by atoms with van der Waals surface area (Å²) < 4.78 is 7.76. The Balaban J connectivity index is 1.75. The highest BCUT2D eigenvalue weighted by atomic mass is 16.5. The number of aryl methyl sites for hydroxylation is 1. The summed E-state index contributed by atoms with van der Waals surface area (Å²) in [5.74, 6) is 0. The van der Waals surface area contributed by atoms with Crippen LogP contribution in [0, 0.1) is 13.8 Å². The number of benzene rings is 1. The Morgan fingerprint density at radius 2 is 1.94 bits per heavy atom. The van der Waals surface area contributed by atoms with Gasteiger partial charge in [-0.15, -0.1) is 0 Å². The van der Waals surface area contributed by atoms with Gasteiger partial charge < -0.3 is 9.30 Å². The second kappa shape index (κ2) is 5.64. The van der Waals surface area contributed by atoms with Crippen LogP contribution in [0.15, 0.2) is 36.7 Å². The lowest BCUT2D eigenvalue weighted by molar-refractivity contribution is 0.113. The first kappa shape index (κ1) is 11.9. The average molecular weight is 230 g/mol. The molecule has 0 saturated heterocycles. The van der Waals surface area contributed by atoms with Crippen molar-refractivity contribution in [2.75, 3.05) is 6.61 Å². The minimum absolute atomic E-state index is 0.674. The van der Waals surface area contributed by atoms with Crippen LogP contribution in [0.4, 0.5) is 0 Å². The summed E-state index contributed by atoms with van der Waals surface area (Å²) in [7, 11) is 0. The van der Waals surface area contributed by atoms with E-state index in [9.17, 15) is 0 Å². The molecular weight excluding hydrogens is 212 g/mol. The molecule has 0 saturated carbocycles. The van der Waals surface area contributed by atoms with Crippen molar-refractivity contribution in [2.45, 2.75) is 27.0 Å². The smallest absolute Gasteiger partial charge is 0.0952 e. The molecule has 1 aromatic heterocycles. The van der Waals surface area contributed by atoms with Gasteiger partial charge in [0.05, 0.1) is 25.2 Å². The summed E-state index contributed by atoms with van der Waals surface area (Å²) in [6.07, 6.45) is 1.87. The van der Waals surface area contributed by atoms with E-state index in [1.165, 1.54) is 11.3 Å². The number of hydrogen-bond acceptors (Lipinski definition) is 2. The number of hydrogen-bond donors (Lipinski definition) is 0. The molecule has 0 unspecified atom stereocenters. The Morgan fingerprint density at radius 1 is 1.18 bits per heavy atom. The Kier molecular flexibility index (Phi) is 3.94. The van der Waals surface area contributed by atoms with Crippen molar-refractivity contribution in [1.29, 1.82) is 0 Å². The monoisotopic (exact) mass is 230 g/mol. The Hall–Kier alpha value is -1.61. The minimum atomic E-state index is 0.674. The molecule has 0 radical (unpaired) electrons. The van der Waals surface area contributed by atoms with E-state index in [4.69, 9.17) is 4.74 Å². The zero-order chi connectivity index (χ0) is 12.1. The fourth-order valence-corrected chi connectivity index (χ4v) is 1.70. The molecule has 1 heterocycles. The lowest BCUT2D eigenvalue weighted by Gasteiger charge is -2.07. The van der Waals surface area contributed by atoms with Gasteiger partial charge in [-0.3, -0.25) is 0 Å². The zero-order valence-corrected chi connectivity index (χ0v) is 10.4. The van der Waals surface area contributed by atoms with Gasteiger partial charge in [-0.05, 0) is 19.4 Å². The van der Waals surface area contributed by atoms with E-state index in [2.05, 4.69) is 28.6 Å². The Labute approximate surface area is 102 Å². The van der Waals surface area contributed by atoms with Gasteiger partial charge in [-0.2, -0.15) is 0 Å². The normalized spacial score (nSPS) is 10.7. The highest BCUT2D eigenvalue weighted by Gasteiger charge is 2.01. The van der Waals surface area contributed by atoms with Gasteiger partial charge in [-0.1, -0.05) is 30.3 Å². The summed E-state index contributed by atoms with van der Waals surface area (Å²) >= 11 is 0. The van der Waals surface area contributed by atoms with Crippen molar-refractivity contribution in [3.63, 3.8) is 0 Å². The van der Waals surface area contributed by atoms with Gasteiger partial charge in [0, 0.05) is 12.2 Å². The summed E-state index contributed by atoms with van der Waals surface area (Å²) in [6, 6.07) is 10.2. The van der Waals surface area contributed by atoms with E-state index in [0.717, 1.165) is 12.2 Å². The van der Waals surface area contributed by atoms with Crippen LogP contribution in [0.5, 0.6) is 0 Å².